The van der Waals surface area contributed by atoms with E-state index in [4.69, 9.17) is 0 Å². The van der Waals surface area contributed by atoms with Gasteiger partial charge in [0.25, 0.3) is 0 Å². The molecule has 1 N–H and O–H groups in total. The van der Waals surface area contributed by atoms with Crippen molar-refractivity contribution in [2.75, 3.05) is 7.11 Å². The topological polar surface area (TPSA) is 68.5 Å². The number of hydrogen-bond donors (Lipinski definition) is 1. The lowest BCUT2D eigenvalue weighted by atomic mass is 10.3. The molecule has 0 spiro atoms. The van der Waals surface area contributed by atoms with Gasteiger partial charge < -0.3 is 10.2 Å². The van der Waals surface area contributed by atoms with E-state index >= 15 is 0 Å². The predicted molar refractivity (Wildman–Crippen MR) is 51.0 cm³/mol. The number of nitrogens with zero attached hydrogens (tertiary/aromatic N) is 3. The van der Waals surface area contributed by atoms with Crippen molar-refractivity contribution < 1.29 is 22.8 Å². The molecule has 6 nitrogen and oxygen atoms in total. The number of hydrogen-bond acceptors (Lipinski definition) is 4. The van der Waals surface area contributed by atoms with Gasteiger partial charge in [-0.15, -0.1) is 0 Å². The van der Waals surface area contributed by atoms with Crippen molar-refractivity contribution in [3.05, 3.63) is 17.5 Å². The van der Waals surface area contributed by atoms with Crippen LogP contribution in [0.4, 0.5) is 13.2 Å². The molecule has 0 saturated carbocycles. The summed E-state index contributed by atoms with van der Waals surface area (Å²) < 4.78 is 38.1. The maximum absolute atomic E-state index is 12.5. The second kappa shape index (κ2) is 4.85. The first-order valence-electron chi connectivity index (χ1n) is 4.33. The third-order valence-electron chi connectivity index (χ3n) is 1.79. The maximum Gasteiger partial charge on any atom is 0.433 e. The molecule has 1 amide bonds. The van der Waals surface area contributed by atoms with Crippen molar-refractivity contribution >= 4 is 12.2 Å². The number of carbonyl (C=O) groups excluding carboxylic acids is 1. The molecule has 0 aromatic carbocycles. The Morgan fingerprint density at radius 1 is 1.65 bits per heavy atom. The number of aromatic nitrogens is 2. The number of alkyl halides is 3. The minimum atomic E-state index is -4.53. The molecule has 94 valence electrons. The van der Waals surface area contributed by atoms with Crippen molar-refractivity contribution in [2.24, 2.45) is 12.2 Å². The van der Waals surface area contributed by atoms with E-state index in [1.165, 1.54) is 7.11 Å². The van der Waals surface area contributed by atoms with Crippen LogP contribution in [0.25, 0.3) is 0 Å². The van der Waals surface area contributed by atoms with Crippen molar-refractivity contribution in [1.29, 1.82) is 0 Å². The first-order chi connectivity index (χ1) is 7.90. The van der Waals surface area contributed by atoms with Gasteiger partial charge in [-0.1, -0.05) is 5.16 Å². The van der Waals surface area contributed by atoms with E-state index in [1.54, 1.807) is 0 Å². The highest BCUT2D eigenvalue weighted by Gasteiger charge is 2.35. The number of rotatable bonds is 3. The van der Waals surface area contributed by atoms with Gasteiger partial charge in [0.1, 0.15) is 18.5 Å². The molecule has 0 aliphatic carbocycles. The average Bonchev–Trinajstić information content (AvgIpc) is 2.59. The number of nitrogens with one attached hydrogen (secondary N) is 1. The predicted octanol–water partition coefficient (Wildman–Crippen LogP) is 0.493. The average molecular weight is 250 g/mol. The van der Waals surface area contributed by atoms with Crippen LogP contribution in [0.2, 0.25) is 0 Å². The highest BCUT2D eigenvalue weighted by Crippen LogP contribution is 2.29. The largest absolute Gasteiger partial charge is 0.433 e. The zero-order valence-corrected chi connectivity index (χ0v) is 8.95. The Kier molecular flexibility index (Phi) is 3.71. The molecular formula is C8H9F3N4O2. The molecule has 0 fully saturated rings. The van der Waals surface area contributed by atoms with Gasteiger partial charge in [0.15, 0.2) is 5.84 Å². The maximum atomic E-state index is 12.5. The van der Waals surface area contributed by atoms with Crippen LogP contribution in [0.1, 0.15) is 11.4 Å². The van der Waals surface area contributed by atoms with Gasteiger partial charge in [0.2, 0.25) is 6.41 Å². The number of amidine groups is 1. The van der Waals surface area contributed by atoms with Crippen LogP contribution in [-0.4, -0.2) is 29.1 Å². The number of oxime groups is 1. The molecular weight excluding hydrogens is 241 g/mol. The molecule has 0 unspecified atom stereocenters. The summed E-state index contributed by atoms with van der Waals surface area (Å²) in [6.45, 7) is 0. The monoisotopic (exact) mass is 250 g/mol. The zero-order valence-electron chi connectivity index (χ0n) is 8.95. The Hall–Kier alpha value is -2.06. The Morgan fingerprint density at radius 2 is 2.29 bits per heavy atom. The van der Waals surface area contributed by atoms with Crippen LogP contribution >= 0.6 is 0 Å². The van der Waals surface area contributed by atoms with Crippen molar-refractivity contribution in [3.63, 3.8) is 0 Å². The Labute approximate surface area is 94.0 Å². The van der Waals surface area contributed by atoms with Crippen LogP contribution in [0.5, 0.6) is 0 Å². The molecule has 0 aliphatic heterocycles. The molecule has 1 heterocycles. The normalized spacial score (nSPS) is 12.4. The van der Waals surface area contributed by atoms with Gasteiger partial charge in [0, 0.05) is 7.05 Å². The number of halogens is 3. The summed E-state index contributed by atoms with van der Waals surface area (Å²) in [5.74, 6) is -0.200. The fourth-order valence-corrected chi connectivity index (χ4v) is 1.14. The highest BCUT2D eigenvalue weighted by atomic mass is 19.4. The van der Waals surface area contributed by atoms with Crippen molar-refractivity contribution in [2.45, 2.75) is 6.18 Å². The standard InChI is InChI=1S/C8H9F3N4O2/c1-15-6(8(9,10)11)3-5(13-15)7(12-4-16)14-17-2/h3-4H,1-2H3,(H,12,14,16). The molecule has 17 heavy (non-hydrogen) atoms. The molecule has 0 saturated heterocycles. The lowest BCUT2D eigenvalue weighted by Gasteiger charge is -2.04. The lowest BCUT2D eigenvalue weighted by molar-refractivity contribution is -0.143. The highest BCUT2D eigenvalue weighted by molar-refractivity contribution is 6.02. The smallest absolute Gasteiger partial charge is 0.397 e. The number of amides is 1. The molecule has 9 heteroatoms. The van der Waals surface area contributed by atoms with Crippen LogP contribution in [0.3, 0.4) is 0 Å². The Bertz CT molecular complexity index is 438. The first kappa shape index (κ1) is 13.0. The van der Waals surface area contributed by atoms with Gasteiger partial charge >= 0.3 is 6.18 Å². The van der Waals surface area contributed by atoms with Crippen LogP contribution in [-0.2, 0) is 22.9 Å². The summed E-state index contributed by atoms with van der Waals surface area (Å²) in [7, 11) is 2.33. The molecule has 0 bridgehead atoms. The third kappa shape index (κ3) is 2.95. The quantitative estimate of drug-likeness (QED) is 0.367. The summed E-state index contributed by atoms with van der Waals surface area (Å²) in [5, 5.41) is 9.02. The van der Waals surface area contributed by atoms with E-state index in [9.17, 15) is 18.0 Å². The van der Waals surface area contributed by atoms with Crippen molar-refractivity contribution in [3.8, 4) is 0 Å². The second-order valence-electron chi connectivity index (χ2n) is 2.92. The summed E-state index contributed by atoms with van der Waals surface area (Å²) >= 11 is 0. The molecule has 0 atom stereocenters. The van der Waals surface area contributed by atoms with Gasteiger partial charge in [-0.25, -0.2) is 0 Å². The summed E-state index contributed by atoms with van der Waals surface area (Å²) in [6, 6.07) is 0.758. The Morgan fingerprint density at radius 3 is 2.71 bits per heavy atom. The van der Waals surface area contributed by atoms with Gasteiger partial charge in [-0.3, -0.25) is 9.48 Å². The van der Waals surface area contributed by atoms with Crippen LogP contribution < -0.4 is 5.32 Å². The molecule has 1 aromatic heterocycles. The minimum absolute atomic E-state index is 0.145. The van der Waals surface area contributed by atoms with E-state index in [2.05, 4.69) is 20.4 Å². The Balaban J connectivity index is 3.15. The van der Waals surface area contributed by atoms with Crippen molar-refractivity contribution in [1.82, 2.24) is 15.1 Å². The summed E-state index contributed by atoms with van der Waals surface area (Å²) in [5.41, 5.74) is -1.10. The lowest BCUT2D eigenvalue weighted by Crippen LogP contribution is -2.23. The first-order valence-corrected chi connectivity index (χ1v) is 4.33. The number of carbonyl (C=O) groups is 1. The molecule has 1 rings (SSSR count). The molecule has 0 radical (unpaired) electrons. The fourth-order valence-electron chi connectivity index (χ4n) is 1.14. The van der Waals surface area contributed by atoms with Crippen LogP contribution in [0.15, 0.2) is 11.2 Å². The number of aryl methyl sites for hydroxylation is 1. The summed E-state index contributed by atoms with van der Waals surface area (Å²) in [4.78, 5) is 14.6. The fraction of sp³-hybridized carbons (Fsp3) is 0.375. The molecule has 0 aliphatic rings. The third-order valence-corrected chi connectivity index (χ3v) is 1.79. The minimum Gasteiger partial charge on any atom is -0.397 e. The van der Waals surface area contributed by atoms with Gasteiger partial charge in [0.05, 0.1) is 0 Å². The van der Waals surface area contributed by atoms with Gasteiger partial charge in [-0.2, -0.15) is 18.3 Å². The zero-order chi connectivity index (χ0) is 13.1. The van der Waals surface area contributed by atoms with E-state index in [0.29, 0.717) is 4.68 Å². The SMILES string of the molecule is CO/N=C(\NC=O)c1cc(C(F)(F)F)n(C)n1. The van der Waals surface area contributed by atoms with E-state index in [1.807, 2.05) is 0 Å². The van der Waals surface area contributed by atoms with E-state index < -0.39 is 11.9 Å². The molecule has 1 aromatic rings. The van der Waals surface area contributed by atoms with E-state index in [0.717, 1.165) is 13.1 Å². The van der Waals surface area contributed by atoms with Crippen LogP contribution in [0, 0.1) is 0 Å². The van der Waals surface area contributed by atoms with Gasteiger partial charge in [-0.05, 0) is 6.07 Å². The summed E-state index contributed by atoms with van der Waals surface area (Å²) in [6.07, 6.45) is -4.26. The second-order valence-corrected chi connectivity index (χ2v) is 2.92. The van der Waals surface area contributed by atoms with E-state index in [-0.39, 0.29) is 17.9 Å².